The molecule has 0 aliphatic heterocycles. The van der Waals surface area contributed by atoms with Gasteiger partial charge in [0.15, 0.2) is 0 Å². The summed E-state index contributed by atoms with van der Waals surface area (Å²) in [6.45, 7) is 1.18. The van der Waals surface area contributed by atoms with Gasteiger partial charge in [-0.1, -0.05) is 47.0 Å². The Balaban J connectivity index is 2.59. The second-order valence-electron chi connectivity index (χ2n) is 4.89. The lowest BCUT2D eigenvalue weighted by atomic mass is 10.2. The highest BCUT2D eigenvalue weighted by atomic mass is 35.5. The normalized spacial score (nSPS) is 11.2. The van der Waals surface area contributed by atoms with Crippen molar-refractivity contribution in [3.63, 3.8) is 0 Å². The molecule has 0 spiro atoms. The Morgan fingerprint density at radius 1 is 1.17 bits per heavy atom. The van der Waals surface area contributed by atoms with E-state index in [9.17, 15) is 13.2 Å². The standard InChI is InChI=1S/C15H14Cl2N2O4S/c1-10-5-7-11(8-6-10)24(21,22)19(9-14(20)23-18)13-4-2-3-12(16)15(13)17/h2-8H,9,18H2,1H3. The van der Waals surface area contributed by atoms with Crippen molar-refractivity contribution in [1.82, 2.24) is 0 Å². The first-order valence-electron chi connectivity index (χ1n) is 6.70. The average Bonchev–Trinajstić information content (AvgIpc) is 2.55. The number of anilines is 1. The van der Waals surface area contributed by atoms with E-state index in [0.29, 0.717) is 0 Å². The Hall–Kier alpha value is -1.80. The number of hydrogen-bond donors (Lipinski definition) is 1. The van der Waals surface area contributed by atoms with Gasteiger partial charge in [-0.2, -0.15) is 5.90 Å². The maximum atomic E-state index is 12.9. The van der Waals surface area contributed by atoms with Crippen LogP contribution in [0.1, 0.15) is 5.56 Å². The van der Waals surface area contributed by atoms with Crippen molar-refractivity contribution in [2.45, 2.75) is 11.8 Å². The van der Waals surface area contributed by atoms with Gasteiger partial charge in [-0.05, 0) is 31.2 Å². The summed E-state index contributed by atoms with van der Waals surface area (Å²) >= 11 is 12.1. The number of halogens is 2. The van der Waals surface area contributed by atoms with Crippen LogP contribution in [0.3, 0.4) is 0 Å². The molecule has 6 nitrogen and oxygen atoms in total. The van der Waals surface area contributed by atoms with Gasteiger partial charge < -0.3 is 4.84 Å². The molecule has 0 bridgehead atoms. The number of hydrogen-bond acceptors (Lipinski definition) is 5. The number of carbonyl (C=O) groups excluding carboxylic acids is 1. The van der Waals surface area contributed by atoms with Gasteiger partial charge in [0.2, 0.25) is 0 Å². The highest BCUT2D eigenvalue weighted by Crippen LogP contribution is 2.35. The molecule has 0 aliphatic rings. The van der Waals surface area contributed by atoms with Crippen molar-refractivity contribution in [1.29, 1.82) is 0 Å². The van der Waals surface area contributed by atoms with Gasteiger partial charge in [-0.15, -0.1) is 0 Å². The Labute approximate surface area is 149 Å². The van der Waals surface area contributed by atoms with Gasteiger partial charge in [-0.3, -0.25) is 4.31 Å². The summed E-state index contributed by atoms with van der Waals surface area (Å²) in [5.74, 6) is 3.90. The van der Waals surface area contributed by atoms with E-state index >= 15 is 0 Å². The predicted molar refractivity (Wildman–Crippen MR) is 92.5 cm³/mol. The highest BCUT2D eigenvalue weighted by molar-refractivity contribution is 7.92. The van der Waals surface area contributed by atoms with E-state index in [0.717, 1.165) is 9.87 Å². The van der Waals surface area contributed by atoms with Crippen LogP contribution in [0.4, 0.5) is 5.69 Å². The molecular formula is C15H14Cl2N2O4S. The smallest absolute Gasteiger partial charge is 0.345 e. The summed E-state index contributed by atoms with van der Waals surface area (Å²) in [5, 5.41) is 0.152. The number of sulfonamides is 1. The highest BCUT2D eigenvalue weighted by Gasteiger charge is 2.29. The number of rotatable bonds is 5. The zero-order valence-electron chi connectivity index (χ0n) is 12.6. The van der Waals surface area contributed by atoms with E-state index in [1.807, 2.05) is 6.92 Å². The van der Waals surface area contributed by atoms with Crippen LogP contribution in [0.2, 0.25) is 10.0 Å². The van der Waals surface area contributed by atoms with E-state index in [4.69, 9.17) is 29.1 Å². The maximum absolute atomic E-state index is 12.9. The molecular weight excluding hydrogens is 375 g/mol. The molecule has 0 fully saturated rings. The SMILES string of the molecule is Cc1ccc(S(=O)(=O)N(CC(=O)ON)c2cccc(Cl)c2Cl)cc1. The van der Waals surface area contributed by atoms with Gasteiger partial charge in [0.25, 0.3) is 10.0 Å². The van der Waals surface area contributed by atoms with Crippen molar-refractivity contribution in [3.05, 3.63) is 58.1 Å². The van der Waals surface area contributed by atoms with Gasteiger partial charge >= 0.3 is 5.97 Å². The average molecular weight is 389 g/mol. The maximum Gasteiger partial charge on any atom is 0.345 e. The molecule has 2 rings (SSSR count). The van der Waals surface area contributed by atoms with E-state index in [1.165, 1.54) is 30.3 Å². The molecule has 24 heavy (non-hydrogen) atoms. The van der Waals surface area contributed by atoms with Gasteiger partial charge in [0, 0.05) is 0 Å². The van der Waals surface area contributed by atoms with Gasteiger partial charge in [0.05, 0.1) is 20.6 Å². The molecule has 0 saturated heterocycles. The first kappa shape index (κ1) is 18.5. The van der Waals surface area contributed by atoms with Crippen LogP contribution in [0, 0.1) is 6.92 Å². The summed E-state index contributed by atoms with van der Waals surface area (Å²) in [4.78, 5) is 15.7. The molecule has 0 aliphatic carbocycles. The van der Waals surface area contributed by atoms with Crippen molar-refractivity contribution >= 4 is 44.9 Å². The fourth-order valence-corrected chi connectivity index (χ4v) is 3.85. The molecule has 0 radical (unpaired) electrons. The number of aryl methyl sites for hydroxylation is 1. The van der Waals surface area contributed by atoms with Crippen LogP contribution in [0.5, 0.6) is 0 Å². The van der Waals surface area contributed by atoms with Crippen LogP contribution in [-0.2, 0) is 19.7 Å². The second kappa shape index (κ2) is 7.40. The Morgan fingerprint density at radius 2 is 1.79 bits per heavy atom. The second-order valence-corrected chi connectivity index (χ2v) is 7.54. The van der Waals surface area contributed by atoms with E-state index in [-0.39, 0.29) is 20.6 Å². The molecule has 0 atom stereocenters. The molecule has 0 amide bonds. The van der Waals surface area contributed by atoms with E-state index < -0.39 is 22.5 Å². The molecule has 0 unspecified atom stereocenters. The number of nitrogens with zero attached hydrogens (tertiary/aromatic N) is 1. The zero-order chi connectivity index (χ0) is 17.9. The third-order valence-corrected chi connectivity index (χ3v) is 5.80. The summed E-state index contributed by atoms with van der Waals surface area (Å²) < 4.78 is 26.7. The first-order chi connectivity index (χ1) is 11.3. The lowest BCUT2D eigenvalue weighted by molar-refractivity contribution is -0.142. The molecule has 2 aromatic carbocycles. The molecule has 0 saturated carbocycles. The molecule has 2 aromatic rings. The third-order valence-electron chi connectivity index (χ3n) is 3.21. The Morgan fingerprint density at radius 3 is 2.38 bits per heavy atom. The fourth-order valence-electron chi connectivity index (χ4n) is 1.98. The largest absolute Gasteiger partial charge is 0.372 e. The van der Waals surface area contributed by atoms with Crippen LogP contribution in [-0.4, -0.2) is 20.9 Å². The molecule has 0 heterocycles. The summed E-state index contributed by atoms with van der Waals surface area (Å²) in [6, 6.07) is 10.6. The third kappa shape index (κ3) is 3.81. The van der Waals surface area contributed by atoms with Crippen molar-refractivity contribution in [3.8, 4) is 0 Å². The minimum Gasteiger partial charge on any atom is -0.372 e. The lowest BCUT2D eigenvalue weighted by Crippen LogP contribution is -2.37. The van der Waals surface area contributed by atoms with Gasteiger partial charge in [-0.25, -0.2) is 13.2 Å². The predicted octanol–water partition coefficient (Wildman–Crippen LogP) is 2.91. The number of nitrogens with two attached hydrogens (primary N) is 1. The van der Waals surface area contributed by atoms with E-state index in [2.05, 4.69) is 4.84 Å². The van der Waals surface area contributed by atoms with E-state index in [1.54, 1.807) is 12.1 Å². The van der Waals surface area contributed by atoms with Crippen molar-refractivity contribution < 1.29 is 18.0 Å². The van der Waals surface area contributed by atoms with Crippen molar-refractivity contribution in [2.75, 3.05) is 10.8 Å². The minimum absolute atomic E-state index is 0.000301. The zero-order valence-corrected chi connectivity index (χ0v) is 14.9. The molecule has 2 N–H and O–H groups in total. The summed E-state index contributed by atoms with van der Waals surface area (Å²) in [5.41, 5.74) is 0.942. The molecule has 9 heteroatoms. The fraction of sp³-hybridized carbons (Fsp3) is 0.133. The summed E-state index contributed by atoms with van der Waals surface area (Å²) in [6.07, 6.45) is 0. The monoisotopic (exact) mass is 388 g/mol. The van der Waals surface area contributed by atoms with Crippen molar-refractivity contribution in [2.24, 2.45) is 5.90 Å². The quantitative estimate of drug-likeness (QED) is 0.795. The molecule has 0 aromatic heterocycles. The first-order valence-corrected chi connectivity index (χ1v) is 8.90. The Kier molecular flexibility index (Phi) is 5.71. The minimum atomic E-state index is -4.08. The number of carbonyl (C=O) groups is 1. The van der Waals surface area contributed by atoms with Crippen LogP contribution in [0.25, 0.3) is 0 Å². The lowest BCUT2D eigenvalue weighted by Gasteiger charge is -2.24. The van der Waals surface area contributed by atoms with Crippen LogP contribution < -0.4 is 10.2 Å². The van der Waals surface area contributed by atoms with Crippen LogP contribution >= 0.6 is 23.2 Å². The topological polar surface area (TPSA) is 89.7 Å². The number of benzene rings is 2. The Bertz CT molecular complexity index is 854. The van der Waals surface area contributed by atoms with Crippen LogP contribution in [0.15, 0.2) is 47.4 Å². The summed E-state index contributed by atoms with van der Waals surface area (Å²) in [7, 11) is -4.08. The molecule has 128 valence electrons. The van der Waals surface area contributed by atoms with Gasteiger partial charge in [0.1, 0.15) is 6.54 Å².